The van der Waals surface area contributed by atoms with Gasteiger partial charge in [0.1, 0.15) is 5.75 Å². The van der Waals surface area contributed by atoms with Crippen molar-refractivity contribution in [1.29, 1.82) is 0 Å². The Hall–Kier alpha value is -0.550. The van der Waals surface area contributed by atoms with Gasteiger partial charge in [-0.2, -0.15) is 0 Å². The minimum absolute atomic E-state index is 0.0648. The van der Waals surface area contributed by atoms with E-state index in [-0.39, 0.29) is 5.75 Å². The Balaban J connectivity index is 2.06. The van der Waals surface area contributed by atoms with Crippen LogP contribution in [-0.2, 0) is 15.6 Å². The van der Waals surface area contributed by atoms with Crippen LogP contribution in [0, 0.1) is 0 Å². The van der Waals surface area contributed by atoms with Crippen molar-refractivity contribution in [2.45, 2.75) is 44.0 Å². The smallest absolute Gasteiger partial charge is 0.151 e. The summed E-state index contributed by atoms with van der Waals surface area (Å²) < 4.78 is 29.3. The molecule has 0 radical (unpaired) electrons. The van der Waals surface area contributed by atoms with Crippen molar-refractivity contribution in [2.24, 2.45) is 0 Å². The summed E-state index contributed by atoms with van der Waals surface area (Å²) in [6, 6.07) is 5.52. The number of ether oxygens (including phenoxy) is 1. The van der Waals surface area contributed by atoms with Crippen LogP contribution in [0.1, 0.15) is 37.7 Å². The van der Waals surface area contributed by atoms with E-state index in [2.05, 4.69) is 15.9 Å². The molecule has 0 saturated heterocycles. The monoisotopic (exact) mass is 346 g/mol. The molecule has 0 amide bonds. The summed E-state index contributed by atoms with van der Waals surface area (Å²) in [5, 5.41) is 0. The molecule has 106 valence electrons. The summed E-state index contributed by atoms with van der Waals surface area (Å²) in [6.45, 7) is 0. The summed E-state index contributed by atoms with van der Waals surface area (Å²) >= 11 is 3.46. The van der Waals surface area contributed by atoms with E-state index in [1.54, 1.807) is 0 Å². The maximum Gasteiger partial charge on any atom is 0.151 e. The molecule has 0 unspecified atom stereocenters. The summed E-state index contributed by atoms with van der Waals surface area (Å²) in [7, 11) is -3.00. The first-order chi connectivity index (χ1) is 8.94. The number of sulfone groups is 1. The molecular formula is C14H19BrO3S. The van der Waals surface area contributed by atoms with E-state index in [9.17, 15) is 8.42 Å². The topological polar surface area (TPSA) is 43.4 Å². The first-order valence-electron chi connectivity index (χ1n) is 6.57. The second-order valence-electron chi connectivity index (χ2n) is 5.21. The van der Waals surface area contributed by atoms with Crippen LogP contribution >= 0.6 is 15.9 Å². The molecule has 1 aromatic carbocycles. The molecular weight excluding hydrogens is 328 g/mol. The molecule has 2 rings (SSSR count). The molecule has 19 heavy (non-hydrogen) atoms. The van der Waals surface area contributed by atoms with Crippen molar-refractivity contribution in [3.63, 3.8) is 0 Å². The van der Waals surface area contributed by atoms with Crippen LogP contribution in [0.25, 0.3) is 0 Å². The second-order valence-corrected chi connectivity index (χ2v) is 8.21. The predicted molar refractivity (Wildman–Crippen MR) is 80.2 cm³/mol. The molecule has 1 aromatic rings. The second kappa shape index (κ2) is 6.27. The Labute approximate surface area is 123 Å². The van der Waals surface area contributed by atoms with Crippen molar-refractivity contribution < 1.29 is 13.2 Å². The van der Waals surface area contributed by atoms with Gasteiger partial charge in [-0.15, -0.1) is 0 Å². The molecule has 0 aromatic heterocycles. The van der Waals surface area contributed by atoms with E-state index < -0.39 is 9.84 Å². The largest absolute Gasteiger partial charge is 0.489 e. The first-order valence-corrected chi connectivity index (χ1v) is 9.42. The molecule has 3 nitrogen and oxygen atoms in total. The minimum atomic E-state index is -3.00. The fourth-order valence-corrected chi connectivity index (χ4v) is 3.70. The molecule has 0 heterocycles. The van der Waals surface area contributed by atoms with Gasteiger partial charge >= 0.3 is 0 Å². The molecule has 1 aliphatic carbocycles. The quantitative estimate of drug-likeness (QED) is 0.834. The average molecular weight is 347 g/mol. The Bertz CT molecular complexity index is 534. The fourth-order valence-electron chi connectivity index (χ4n) is 2.39. The van der Waals surface area contributed by atoms with Crippen LogP contribution < -0.4 is 4.74 Å². The number of hydrogen-bond acceptors (Lipinski definition) is 3. The highest BCUT2D eigenvalue weighted by atomic mass is 79.9. The van der Waals surface area contributed by atoms with Gasteiger partial charge in [-0.1, -0.05) is 12.5 Å². The molecule has 0 N–H and O–H groups in total. The lowest BCUT2D eigenvalue weighted by Gasteiger charge is -2.23. The van der Waals surface area contributed by atoms with E-state index in [1.165, 1.54) is 25.5 Å². The zero-order valence-corrected chi connectivity index (χ0v) is 13.5. The molecule has 5 heteroatoms. The average Bonchev–Trinajstić information content (AvgIpc) is 2.32. The molecule has 1 fully saturated rings. The van der Waals surface area contributed by atoms with Gasteiger partial charge in [0.2, 0.25) is 0 Å². The number of benzene rings is 1. The number of rotatable bonds is 4. The summed E-state index contributed by atoms with van der Waals surface area (Å²) in [4.78, 5) is 0. The Kier molecular flexibility index (Phi) is 4.90. The summed E-state index contributed by atoms with van der Waals surface area (Å²) in [5.74, 6) is 0.874. The lowest BCUT2D eigenvalue weighted by atomic mass is 9.98. The maximum atomic E-state index is 11.3. The standard InChI is InChI=1S/C14H19BrO3S/c1-19(16,17)10-11-7-8-14(13(15)9-11)18-12-5-3-2-4-6-12/h7-9,12H,2-6,10H2,1H3. The predicted octanol–water partition coefficient (Wildman–Crippen LogP) is 3.71. The Morgan fingerprint density at radius 1 is 1.26 bits per heavy atom. The van der Waals surface area contributed by atoms with Crippen molar-refractivity contribution in [3.05, 3.63) is 28.2 Å². The van der Waals surface area contributed by atoms with Crippen molar-refractivity contribution in [1.82, 2.24) is 0 Å². The highest BCUT2D eigenvalue weighted by Crippen LogP contribution is 2.30. The molecule has 1 saturated carbocycles. The van der Waals surface area contributed by atoms with Crippen LogP contribution in [0.15, 0.2) is 22.7 Å². The lowest BCUT2D eigenvalue weighted by molar-refractivity contribution is 0.154. The minimum Gasteiger partial charge on any atom is -0.489 e. The SMILES string of the molecule is CS(=O)(=O)Cc1ccc(OC2CCCCC2)c(Br)c1. The van der Waals surface area contributed by atoms with Crippen LogP contribution in [0.4, 0.5) is 0 Å². The molecule has 0 atom stereocenters. The van der Waals surface area contributed by atoms with Crippen LogP contribution in [0.3, 0.4) is 0 Å². The highest BCUT2D eigenvalue weighted by Gasteiger charge is 2.16. The number of halogens is 1. The van der Waals surface area contributed by atoms with Gasteiger partial charge in [-0.05, 0) is 59.3 Å². The molecule has 0 aliphatic heterocycles. The first kappa shape index (κ1) is 14.9. The van der Waals surface area contributed by atoms with Crippen LogP contribution in [-0.4, -0.2) is 20.8 Å². The third-order valence-electron chi connectivity index (χ3n) is 3.27. The normalized spacial score (nSPS) is 17.4. The van der Waals surface area contributed by atoms with Crippen molar-refractivity contribution in [2.75, 3.05) is 6.26 Å². The highest BCUT2D eigenvalue weighted by molar-refractivity contribution is 9.10. The van der Waals surface area contributed by atoms with Gasteiger partial charge < -0.3 is 4.74 Å². The fraction of sp³-hybridized carbons (Fsp3) is 0.571. The summed E-state index contributed by atoms with van der Waals surface area (Å²) in [6.07, 6.45) is 7.52. The Morgan fingerprint density at radius 2 is 1.95 bits per heavy atom. The third-order valence-corrected chi connectivity index (χ3v) is 4.75. The Morgan fingerprint density at radius 3 is 2.53 bits per heavy atom. The van der Waals surface area contributed by atoms with Gasteiger partial charge in [-0.25, -0.2) is 8.42 Å². The molecule has 0 bridgehead atoms. The summed E-state index contributed by atoms with van der Waals surface area (Å²) in [5.41, 5.74) is 0.783. The van der Waals surface area contributed by atoms with Crippen LogP contribution in [0.2, 0.25) is 0 Å². The molecule has 1 aliphatic rings. The molecule has 0 spiro atoms. The van der Waals surface area contributed by atoms with Gasteiger partial charge in [0.15, 0.2) is 9.84 Å². The maximum absolute atomic E-state index is 11.3. The van der Waals surface area contributed by atoms with E-state index >= 15 is 0 Å². The van der Waals surface area contributed by atoms with E-state index in [4.69, 9.17) is 4.74 Å². The van der Waals surface area contributed by atoms with E-state index in [0.29, 0.717) is 6.10 Å². The zero-order valence-electron chi connectivity index (χ0n) is 11.1. The van der Waals surface area contributed by atoms with Crippen molar-refractivity contribution >= 4 is 25.8 Å². The number of hydrogen-bond donors (Lipinski definition) is 0. The van der Waals surface area contributed by atoms with E-state index in [1.807, 2.05) is 18.2 Å². The van der Waals surface area contributed by atoms with Crippen LogP contribution in [0.5, 0.6) is 5.75 Å². The van der Waals surface area contributed by atoms with Gasteiger partial charge in [-0.3, -0.25) is 0 Å². The van der Waals surface area contributed by atoms with Gasteiger partial charge in [0, 0.05) is 6.26 Å². The lowest BCUT2D eigenvalue weighted by Crippen LogP contribution is -2.19. The van der Waals surface area contributed by atoms with Gasteiger partial charge in [0.05, 0.1) is 16.3 Å². The van der Waals surface area contributed by atoms with E-state index in [0.717, 1.165) is 28.6 Å². The van der Waals surface area contributed by atoms with Crippen molar-refractivity contribution in [3.8, 4) is 5.75 Å². The van der Waals surface area contributed by atoms with Gasteiger partial charge in [0.25, 0.3) is 0 Å². The zero-order chi connectivity index (χ0) is 13.9. The third kappa shape index (κ3) is 4.80.